The van der Waals surface area contributed by atoms with Crippen molar-refractivity contribution in [3.63, 3.8) is 0 Å². The molecule has 0 aliphatic carbocycles. The third-order valence-corrected chi connectivity index (χ3v) is 2.03. The zero-order valence-electron chi connectivity index (χ0n) is 7.55. The van der Waals surface area contributed by atoms with Crippen molar-refractivity contribution < 1.29 is 8.39 Å². The van der Waals surface area contributed by atoms with Crippen LogP contribution in [-0.4, -0.2) is 17.1 Å². The minimum atomic E-state index is -2.41. The molecule has 0 spiro atoms. The van der Waals surface area contributed by atoms with Crippen molar-refractivity contribution in [2.45, 2.75) is 27.2 Å². The Kier molecular flexibility index (Phi) is 3.94. The van der Waals surface area contributed by atoms with E-state index in [-0.39, 0.29) is 5.41 Å². The quantitative estimate of drug-likeness (QED) is 0.687. The van der Waals surface area contributed by atoms with Gasteiger partial charge in [-0.1, -0.05) is 20.8 Å². The molecule has 0 saturated carbocycles. The Balaban J connectivity index is 3.61. The van der Waals surface area contributed by atoms with Gasteiger partial charge >= 0.3 is 0 Å². The first-order valence-corrected chi connectivity index (χ1v) is 6.37. The fourth-order valence-corrected chi connectivity index (χ4v) is 1.09. The van der Waals surface area contributed by atoms with Gasteiger partial charge in [-0.05, 0) is 11.8 Å². The average molecular weight is 196 g/mol. The predicted molar refractivity (Wildman–Crippen MR) is 51.5 cm³/mol. The van der Waals surface area contributed by atoms with E-state index in [1.165, 1.54) is 6.26 Å². The van der Waals surface area contributed by atoms with Crippen molar-refractivity contribution in [2.24, 2.45) is 5.41 Å². The molecule has 1 atom stereocenters. The molecule has 0 rings (SSSR count). The summed E-state index contributed by atoms with van der Waals surface area (Å²) in [5, 5.41) is 0. The van der Waals surface area contributed by atoms with Crippen LogP contribution in [0.1, 0.15) is 27.2 Å². The molecule has 11 heavy (non-hydrogen) atoms. The van der Waals surface area contributed by atoms with Gasteiger partial charge < -0.3 is 0 Å². The molecule has 0 aliphatic heterocycles. The van der Waals surface area contributed by atoms with E-state index in [0.29, 0.717) is 6.61 Å². The lowest BCUT2D eigenvalue weighted by Crippen LogP contribution is -2.11. The molecule has 0 radical (unpaired) electrons. The van der Waals surface area contributed by atoms with E-state index in [1.54, 1.807) is 0 Å². The Labute approximate surface area is 74.2 Å². The summed E-state index contributed by atoms with van der Waals surface area (Å²) in [4.78, 5) is 0. The van der Waals surface area contributed by atoms with Gasteiger partial charge in [0.15, 0.2) is 0 Å². The van der Waals surface area contributed by atoms with Crippen LogP contribution in [0.4, 0.5) is 0 Å². The van der Waals surface area contributed by atoms with Crippen LogP contribution >= 0.6 is 0 Å². The smallest absolute Gasteiger partial charge is 0.141 e. The molecular formula is C7H16O2S2. The first kappa shape index (κ1) is 11.3. The molecule has 0 bridgehead atoms. The Bertz CT molecular complexity index is 199. The lowest BCUT2D eigenvalue weighted by atomic mass is 9.93. The standard InChI is InChI=1S/C7H16O2S2/c1-7(2,3)5-6-9-11(4,8)10/h5-6H2,1-4H3. The Morgan fingerprint density at radius 3 is 2.18 bits per heavy atom. The van der Waals surface area contributed by atoms with E-state index >= 15 is 0 Å². The highest BCUT2D eigenvalue weighted by atomic mass is 32.8. The Morgan fingerprint density at radius 2 is 1.91 bits per heavy atom. The fourth-order valence-electron chi connectivity index (χ4n) is 0.499. The summed E-state index contributed by atoms with van der Waals surface area (Å²) in [5.74, 6) is 0. The maximum atomic E-state index is 10.9. The highest BCUT2D eigenvalue weighted by Crippen LogP contribution is 2.18. The molecule has 4 heteroatoms. The molecule has 0 aromatic heterocycles. The normalized spacial score (nSPS) is 17.8. The van der Waals surface area contributed by atoms with E-state index in [4.69, 9.17) is 4.18 Å². The molecular weight excluding hydrogens is 180 g/mol. The molecule has 0 aliphatic rings. The molecule has 1 unspecified atom stereocenters. The first-order valence-electron chi connectivity index (χ1n) is 3.55. The molecule has 68 valence electrons. The van der Waals surface area contributed by atoms with Crippen LogP contribution < -0.4 is 0 Å². The van der Waals surface area contributed by atoms with Crippen LogP contribution in [0.3, 0.4) is 0 Å². The zero-order valence-corrected chi connectivity index (χ0v) is 9.18. The number of hydrogen-bond donors (Lipinski definition) is 0. The topological polar surface area (TPSA) is 26.3 Å². The monoisotopic (exact) mass is 196 g/mol. The summed E-state index contributed by atoms with van der Waals surface area (Å²) in [7, 11) is -2.41. The van der Waals surface area contributed by atoms with Crippen LogP contribution in [0.2, 0.25) is 0 Å². The van der Waals surface area contributed by atoms with E-state index in [0.717, 1.165) is 6.42 Å². The molecule has 0 aromatic rings. The highest BCUT2D eigenvalue weighted by Gasteiger charge is 2.10. The van der Waals surface area contributed by atoms with Gasteiger partial charge in [0.05, 0.1) is 6.61 Å². The van der Waals surface area contributed by atoms with Crippen molar-refractivity contribution >= 4 is 20.0 Å². The second-order valence-electron chi connectivity index (χ2n) is 3.84. The van der Waals surface area contributed by atoms with Gasteiger partial charge in [-0.25, -0.2) is 4.21 Å². The molecule has 0 aromatic carbocycles. The lowest BCUT2D eigenvalue weighted by Gasteiger charge is -2.17. The van der Waals surface area contributed by atoms with Crippen LogP contribution in [0, 0.1) is 5.41 Å². The SMILES string of the molecule is CC(C)(C)CCOS(C)(=O)=S. The fraction of sp³-hybridized carbons (Fsp3) is 1.00. The zero-order chi connectivity index (χ0) is 9.12. The van der Waals surface area contributed by atoms with Gasteiger partial charge in [0, 0.05) is 17.4 Å². The maximum absolute atomic E-state index is 10.9. The van der Waals surface area contributed by atoms with Gasteiger partial charge in [-0.3, -0.25) is 4.18 Å². The number of hydrogen-bond acceptors (Lipinski definition) is 3. The second kappa shape index (κ2) is 3.83. The molecule has 0 fully saturated rings. The van der Waals surface area contributed by atoms with E-state index in [2.05, 4.69) is 32.0 Å². The van der Waals surface area contributed by atoms with Gasteiger partial charge in [-0.2, -0.15) is 0 Å². The van der Waals surface area contributed by atoms with E-state index < -0.39 is 8.77 Å². The summed E-state index contributed by atoms with van der Waals surface area (Å²) < 4.78 is 15.8. The summed E-state index contributed by atoms with van der Waals surface area (Å²) in [6.07, 6.45) is 2.32. The van der Waals surface area contributed by atoms with Crippen molar-refractivity contribution in [3.8, 4) is 0 Å². The summed E-state index contributed by atoms with van der Waals surface area (Å²) in [6, 6.07) is 0. The average Bonchev–Trinajstić information content (AvgIpc) is 1.55. The van der Waals surface area contributed by atoms with Crippen LogP contribution in [0.5, 0.6) is 0 Å². The maximum Gasteiger partial charge on any atom is 0.141 e. The van der Waals surface area contributed by atoms with Gasteiger partial charge in [0.25, 0.3) is 0 Å². The Hall–Kier alpha value is 0.330. The molecule has 2 nitrogen and oxygen atoms in total. The first-order chi connectivity index (χ1) is 4.71. The molecule has 0 saturated heterocycles. The largest absolute Gasteiger partial charge is 0.290 e. The second-order valence-corrected chi connectivity index (χ2v) is 7.30. The lowest BCUT2D eigenvalue weighted by molar-refractivity contribution is 0.261. The van der Waals surface area contributed by atoms with E-state index in [1.807, 2.05) is 0 Å². The third-order valence-electron chi connectivity index (χ3n) is 1.15. The minimum absolute atomic E-state index is 0.222. The van der Waals surface area contributed by atoms with Crippen molar-refractivity contribution in [2.75, 3.05) is 12.9 Å². The minimum Gasteiger partial charge on any atom is -0.290 e. The van der Waals surface area contributed by atoms with Crippen molar-refractivity contribution in [1.29, 1.82) is 0 Å². The Morgan fingerprint density at radius 1 is 1.45 bits per heavy atom. The van der Waals surface area contributed by atoms with Crippen molar-refractivity contribution in [3.05, 3.63) is 0 Å². The van der Waals surface area contributed by atoms with Crippen LogP contribution in [0.25, 0.3) is 0 Å². The van der Waals surface area contributed by atoms with Crippen LogP contribution in [0.15, 0.2) is 0 Å². The van der Waals surface area contributed by atoms with E-state index in [9.17, 15) is 4.21 Å². The van der Waals surface area contributed by atoms with Gasteiger partial charge in [0.2, 0.25) is 0 Å². The summed E-state index contributed by atoms with van der Waals surface area (Å²) in [6.45, 7) is 6.81. The van der Waals surface area contributed by atoms with Gasteiger partial charge in [0.1, 0.15) is 8.77 Å². The highest BCUT2D eigenvalue weighted by molar-refractivity contribution is 8.29. The third kappa shape index (κ3) is 10.3. The molecule has 0 heterocycles. The summed E-state index contributed by atoms with van der Waals surface area (Å²) >= 11 is 4.58. The van der Waals surface area contributed by atoms with Crippen LogP contribution in [-0.2, 0) is 24.1 Å². The summed E-state index contributed by atoms with van der Waals surface area (Å²) in [5.41, 5.74) is 0.222. The number of rotatable bonds is 3. The van der Waals surface area contributed by atoms with Gasteiger partial charge in [-0.15, -0.1) is 0 Å². The molecule has 0 amide bonds. The predicted octanol–water partition coefficient (Wildman–Crippen LogP) is 1.73. The van der Waals surface area contributed by atoms with Crippen molar-refractivity contribution in [1.82, 2.24) is 0 Å². The molecule has 0 N–H and O–H groups in total.